The molecule has 26 heavy (non-hydrogen) atoms. The average Bonchev–Trinajstić information content (AvgIpc) is 2.53. The number of nitrogens with one attached hydrogen (secondary N) is 1. The van der Waals surface area contributed by atoms with Crippen molar-refractivity contribution in [2.24, 2.45) is 5.10 Å². The van der Waals surface area contributed by atoms with Gasteiger partial charge in [-0.3, -0.25) is 9.10 Å². The summed E-state index contributed by atoms with van der Waals surface area (Å²) in [4.78, 5) is 12.3. The molecule has 6 nitrogen and oxygen atoms in total. The van der Waals surface area contributed by atoms with Gasteiger partial charge in [0.25, 0.3) is 5.91 Å². The standard InChI is InChI=1S/C19H29N3O3S/c1-15-10-9-13-18(16(15)2)22(26(3,24)25)14-19(23)21-20-17-11-7-5-4-6-8-12-17/h9-10,13H,4-8,11-12,14H2,1-3H3,(H,21,23). The molecule has 1 fully saturated rings. The zero-order chi connectivity index (χ0) is 19.2. The molecule has 1 amide bonds. The lowest BCUT2D eigenvalue weighted by atomic mass is 9.99. The fraction of sp³-hybridized carbons (Fsp3) is 0.579. The highest BCUT2D eigenvalue weighted by molar-refractivity contribution is 7.92. The van der Waals surface area contributed by atoms with Gasteiger partial charge in [0.05, 0.1) is 11.9 Å². The van der Waals surface area contributed by atoms with Crippen LogP contribution >= 0.6 is 0 Å². The van der Waals surface area contributed by atoms with Gasteiger partial charge >= 0.3 is 0 Å². The molecular weight excluding hydrogens is 350 g/mol. The van der Waals surface area contributed by atoms with Crippen LogP contribution in [0.2, 0.25) is 0 Å². The van der Waals surface area contributed by atoms with Crippen LogP contribution in [0.1, 0.15) is 56.1 Å². The third kappa shape index (κ3) is 5.83. The first kappa shape index (κ1) is 20.4. The minimum atomic E-state index is -3.58. The monoisotopic (exact) mass is 379 g/mol. The van der Waals surface area contributed by atoms with Crippen LogP contribution in [0, 0.1) is 13.8 Å². The molecule has 1 aliphatic rings. The Balaban J connectivity index is 2.11. The summed E-state index contributed by atoms with van der Waals surface area (Å²) in [5.74, 6) is -0.425. The van der Waals surface area contributed by atoms with Crippen molar-refractivity contribution < 1.29 is 13.2 Å². The normalized spacial score (nSPS) is 15.7. The van der Waals surface area contributed by atoms with E-state index in [0.29, 0.717) is 5.69 Å². The van der Waals surface area contributed by atoms with E-state index in [1.54, 1.807) is 12.1 Å². The predicted octanol–water partition coefficient (Wildman–Crippen LogP) is 3.29. The molecule has 144 valence electrons. The van der Waals surface area contributed by atoms with E-state index >= 15 is 0 Å². The fourth-order valence-corrected chi connectivity index (χ4v) is 4.03. The van der Waals surface area contributed by atoms with Crippen LogP contribution in [0.5, 0.6) is 0 Å². The van der Waals surface area contributed by atoms with Gasteiger partial charge in [0, 0.05) is 5.71 Å². The van der Waals surface area contributed by atoms with Gasteiger partial charge in [-0.2, -0.15) is 5.10 Å². The van der Waals surface area contributed by atoms with Crippen molar-refractivity contribution in [3.63, 3.8) is 0 Å². The summed E-state index contributed by atoms with van der Waals surface area (Å²) in [5, 5.41) is 4.25. The molecule has 0 aliphatic heterocycles. The summed E-state index contributed by atoms with van der Waals surface area (Å²) < 4.78 is 25.6. The summed E-state index contributed by atoms with van der Waals surface area (Å²) >= 11 is 0. The van der Waals surface area contributed by atoms with Gasteiger partial charge in [-0.05, 0) is 56.7 Å². The van der Waals surface area contributed by atoms with Crippen LogP contribution in [-0.4, -0.2) is 32.8 Å². The highest BCUT2D eigenvalue weighted by atomic mass is 32.2. The lowest BCUT2D eigenvalue weighted by Crippen LogP contribution is -2.39. The van der Waals surface area contributed by atoms with Crippen molar-refractivity contribution in [3.8, 4) is 0 Å². The Morgan fingerprint density at radius 2 is 1.73 bits per heavy atom. The second-order valence-corrected chi connectivity index (χ2v) is 8.88. The van der Waals surface area contributed by atoms with E-state index < -0.39 is 15.9 Å². The van der Waals surface area contributed by atoms with E-state index in [2.05, 4.69) is 10.5 Å². The zero-order valence-electron chi connectivity index (χ0n) is 15.9. The SMILES string of the molecule is Cc1cccc(N(CC(=O)NN=C2CCCCCCC2)S(C)(=O)=O)c1C. The van der Waals surface area contributed by atoms with Crippen molar-refractivity contribution >= 4 is 27.3 Å². The molecule has 0 aromatic heterocycles. The van der Waals surface area contributed by atoms with Crippen LogP contribution in [-0.2, 0) is 14.8 Å². The summed E-state index contributed by atoms with van der Waals surface area (Å²) in [6, 6.07) is 5.43. The molecule has 1 aromatic carbocycles. The first-order valence-corrected chi connectivity index (χ1v) is 11.0. The molecule has 1 N–H and O–H groups in total. The molecule has 1 aliphatic carbocycles. The van der Waals surface area contributed by atoms with Crippen LogP contribution in [0.3, 0.4) is 0 Å². The molecule has 0 unspecified atom stereocenters. The maximum atomic E-state index is 12.3. The van der Waals surface area contributed by atoms with E-state index in [4.69, 9.17) is 0 Å². The van der Waals surface area contributed by atoms with Crippen LogP contribution < -0.4 is 9.73 Å². The number of hydrogen-bond acceptors (Lipinski definition) is 4. The number of hydrazone groups is 1. The highest BCUT2D eigenvalue weighted by Crippen LogP contribution is 2.24. The Hall–Kier alpha value is -1.89. The van der Waals surface area contributed by atoms with Gasteiger partial charge in [-0.15, -0.1) is 0 Å². The van der Waals surface area contributed by atoms with Crippen LogP contribution in [0.15, 0.2) is 23.3 Å². The quantitative estimate of drug-likeness (QED) is 0.797. The molecule has 0 radical (unpaired) electrons. The predicted molar refractivity (Wildman–Crippen MR) is 106 cm³/mol. The van der Waals surface area contributed by atoms with Crippen LogP contribution in [0.25, 0.3) is 0 Å². The third-order valence-electron chi connectivity index (χ3n) is 4.80. The Bertz CT molecular complexity index is 762. The first-order chi connectivity index (χ1) is 12.3. The molecule has 7 heteroatoms. The van der Waals surface area contributed by atoms with E-state index in [1.165, 1.54) is 19.3 Å². The molecular formula is C19H29N3O3S. The number of carbonyl (C=O) groups is 1. The minimum absolute atomic E-state index is 0.278. The maximum absolute atomic E-state index is 12.3. The smallest absolute Gasteiger partial charge is 0.260 e. The van der Waals surface area contributed by atoms with Gasteiger partial charge in [0.2, 0.25) is 10.0 Å². The van der Waals surface area contributed by atoms with Crippen molar-refractivity contribution in [3.05, 3.63) is 29.3 Å². The lowest BCUT2D eigenvalue weighted by Gasteiger charge is -2.24. The van der Waals surface area contributed by atoms with Crippen molar-refractivity contribution in [2.75, 3.05) is 17.1 Å². The number of anilines is 1. The zero-order valence-corrected chi connectivity index (χ0v) is 16.7. The molecule has 1 saturated carbocycles. The number of amides is 1. The molecule has 0 bridgehead atoms. The molecule has 0 spiro atoms. The van der Waals surface area contributed by atoms with Gasteiger partial charge in [-0.1, -0.05) is 31.4 Å². The summed E-state index contributed by atoms with van der Waals surface area (Å²) in [7, 11) is -3.58. The van der Waals surface area contributed by atoms with E-state index in [9.17, 15) is 13.2 Å². The number of hydrogen-bond donors (Lipinski definition) is 1. The summed E-state index contributed by atoms with van der Waals surface area (Å²) in [6.45, 7) is 3.50. The number of carbonyl (C=O) groups excluding carboxylic acids is 1. The van der Waals surface area contributed by atoms with Crippen molar-refractivity contribution in [2.45, 2.75) is 58.8 Å². The fourth-order valence-electron chi connectivity index (χ4n) is 3.12. The number of sulfonamides is 1. The Kier molecular flexibility index (Phi) is 7.20. The van der Waals surface area contributed by atoms with E-state index in [1.807, 2.05) is 19.9 Å². The van der Waals surface area contributed by atoms with Gasteiger partial charge < -0.3 is 0 Å². The van der Waals surface area contributed by atoms with Gasteiger partial charge in [-0.25, -0.2) is 13.8 Å². The average molecular weight is 380 g/mol. The second kappa shape index (κ2) is 9.16. The largest absolute Gasteiger partial charge is 0.271 e. The molecule has 0 atom stereocenters. The number of nitrogens with zero attached hydrogens (tertiary/aromatic N) is 2. The highest BCUT2D eigenvalue weighted by Gasteiger charge is 2.22. The maximum Gasteiger partial charge on any atom is 0.260 e. The third-order valence-corrected chi connectivity index (χ3v) is 5.93. The minimum Gasteiger partial charge on any atom is -0.271 e. The molecule has 0 heterocycles. The Labute approximate surface area is 156 Å². The van der Waals surface area contributed by atoms with Crippen LogP contribution in [0.4, 0.5) is 5.69 Å². The summed E-state index contributed by atoms with van der Waals surface area (Å²) in [6.07, 6.45) is 8.74. The first-order valence-electron chi connectivity index (χ1n) is 9.17. The number of benzene rings is 1. The molecule has 2 rings (SSSR count). The number of aryl methyl sites for hydroxylation is 1. The topological polar surface area (TPSA) is 78.8 Å². The van der Waals surface area contributed by atoms with E-state index in [0.717, 1.165) is 53.1 Å². The summed E-state index contributed by atoms with van der Waals surface area (Å²) in [5.41, 5.74) is 5.90. The second-order valence-electron chi connectivity index (χ2n) is 6.97. The van der Waals surface area contributed by atoms with Gasteiger partial charge in [0.15, 0.2) is 0 Å². The number of rotatable bonds is 5. The van der Waals surface area contributed by atoms with Crippen molar-refractivity contribution in [1.29, 1.82) is 0 Å². The van der Waals surface area contributed by atoms with Gasteiger partial charge in [0.1, 0.15) is 6.54 Å². The Morgan fingerprint density at radius 3 is 2.35 bits per heavy atom. The Morgan fingerprint density at radius 1 is 1.12 bits per heavy atom. The van der Waals surface area contributed by atoms with E-state index in [-0.39, 0.29) is 6.54 Å². The van der Waals surface area contributed by atoms with Crippen molar-refractivity contribution in [1.82, 2.24) is 5.43 Å². The lowest BCUT2D eigenvalue weighted by molar-refractivity contribution is -0.119. The molecule has 1 aromatic rings. The molecule has 0 saturated heterocycles.